The van der Waals surface area contributed by atoms with Gasteiger partial charge in [0, 0.05) is 12.8 Å². The minimum Gasteiger partial charge on any atom is -0.399 e. The van der Waals surface area contributed by atoms with Crippen LogP contribution in [0.5, 0.6) is 0 Å². The van der Waals surface area contributed by atoms with Gasteiger partial charge in [-0.3, -0.25) is 0 Å². The summed E-state index contributed by atoms with van der Waals surface area (Å²) in [6, 6.07) is 7.58. The van der Waals surface area contributed by atoms with Crippen LogP contribution in [0.2, 0.25) is 0 Å². The number of nitrogens with two attached hydrogens (primary N) is 1. The second-order valence-electron chi connectivity index (χ2n) is 3.46. The van der Waals surface area contributed by atoms with Crippen molar-refractivity contribution >= 4 is 5.69 Å². The molecule has 1 heterocycles. The van der Waals surface area contributed by atoms with Crippen molar-refractivity contribution in [3.05, 3.63) is 41.5 Å². The van der Waals surface area contributed by atoms with Gasteiger partial charge in [-0.2, -0.15) is 4.98 Å². The molecule has 84 valence electrons. The Labute approximate surface area is 93.2 Å². The summed E-state index contributed by atoms with van der Waals surface area (Å²) in [6.45, 7) is 0.366. The van der Waals surface area contributed by atoms with E-state index in [9.17, 15) is 0 Å². The molecule has 0 aliphatic rings. The van der Waals surface area contributed by atoms with Crippen LogP contribution in [-0.4, -0.2) is 17.3 Å². The number of nitrogens with zero attached hydrogens (tertiary/aromatic N) is 2. The van der Waals surface area contributed by atoms with Crippen molar-refractivity contribution < 1.29 is 9.26 Å². The lowest BCUT2D eigenvalue weighted by atomic mass is 10.1. The predicted octanol–water partition coefficient (Wildman–Crippen LogP) is 1.39. The van der Waals surface area contributed by atoms with E-state index in [-0.39, 0.29) is 0 Å². The molecule has 2 aromatic rings. The molecule has 0 bridgehead atoms. The van der Waals surface area contributed by atoms with Crippen LogP contribution in [0, 0.1) is 0 Å². The first kappa shape index (κ1) is 10.6. The van der Waals surface area contributed by atoms with E-state index in [4.69, 9.17) is 15.0 Å². The van der Waals surface area contributed by atoms with E-state index in [1.807, 2.05) is 24.3 Å². The molecule has 1 aromatic carbocycles. The third-order valence-electron chi connectivity index (χ3n) is 2.12. The highest BCUT2D eigenvalue weighted by molar-refractivity contribution is 5.39. The lowest BCUT2D eigenvalue weighted by Crippen LogP contribution is -1.92. The number of hydrogen-bond acceptors (Lipinski definition) is 5. The minimum absolute atomic E-state index is 0.366. The smallest absolute Gasteiger partial charge is 0.231 e. The van der Waals surface area contributed by atoms with Crippen LogP contribution >= 0.6 is 0 Å². The van der Waals surface area contributed by atoms with Crippen LogP contribution in [0.25, 0.3) is 0 Å². The summed E-state index contributed by atoms with van der Waals surface area (Å²) < 4.78 is 9.98. The summed E-state index contributed by atoms with van der Waals surface area (Å²) in [5, 5.41) is 3.78. The third kappa shape index (κ3) is 2.58. The topological polar surface area (TPSA) is 74.2 Å². The van der Waals surface area contributed by atoms with Crippen LogP contribution < -0.4 is 5.73 Å². The van der Waals surface area contributed by atoms with E-state index in [0.29, 0.717) is 24.7 Å². The van der Waals surface area contributed by atoms with Crippen molar-refractivity contribution in [2.24, 2.45) is 0 Å². The molecule has 0 radical (unpaired) electrons. The highest BCUT2D eigenvalue weighted by Gasteiger charge is 2.06. The van der Waals surface area contributed by atoms with E-state index in [1.165, 1.54) is 0 Å². The molecule has 5 nitrogen and oxygen atoms in total. The van der Waals surface area contributed by atoms with Gasteiger partial charge < -0.3 is 15.0 Å². The highest BCUT2D eigenvalue weighted by Crippen LogP contribution is 2.10. The van der Waals surface area contributed by atoms with E-state index < -0.39 is 0 Å². The van der Waals surface area contributed by atoms with Crippen molar-refractivity contribution in [1.82, 2.24) is 10.1 Å². The van der Waals surface area contributed by atoms with E-state index >= 15 is 0 Å². The van der Waals surface area contributed by atoms with Crippen molar-refractivity contribution in [2.45, 2.75) is 13.0 Å². The number of anilines is 1. The Morgan fingerprint density at radius 3 is 2.75 bits per heavy atom. The van der Waals surface area contributed by atoms with Gasteiger partial charge in [-0.15, -0.1) is 0 Å². The third-order valence-corrected chi connectivity index (χ3v) is 2.12. The molecule has 16 heavy (non-hydrogen) atoms. The molecule has 0 fully saturated rings. The lowest BCUT2D eigenvalue weighted by Gasteiger charge is -1.96. The normalized spacial score (nSPS) is 10.6. The molecule has 1 aromatic heterocycles. The number of benzene rings is 1. The number of aromatic nitrogens is 2. The highest BCUT2D eigenvalue weighted by atomic mass is 16.5. The molecular weight excluding hydrogens is 206 g/mol. The Morgan fingerprint density at radius 1 is 1.31 bits per heavy atom. The summed E-state index contributed by atoms with van der Waals surface area (Å²) >= 11 is 0. The SMILES string of the molecule is COCc1noc(Cc2ccc(N)cc2)n1. The molecule has 0 saturated carbocycles. The maximum atomic E-state index is 5.60. The van der Waals surface area contributed by atoms with Crippen molar-refractivity contribution in [1.29, 1.82) is 0 Å². The number of rotatable bonds is 4. The van der Waals surface area contributed by atoms with Crippen LogP contribution in [-0.2, 0) is 17.8 Å². The molecule has 0 saturated heterocycles. The molecule has 2 rings (SSSR count). The molecule has 0 atom stereocenters. The second kappa shape index (κ2) is 4.76. The molecule has 0 unspecified atom stereocenters. The van der Waals surface area contributed by atoms with Crippen molar-refractivity contribution in [2.75, 3.05) is 12.8 Å². The van der Waals surface area contributed by atoms with Gasteiger partial charge >= 0.3 is 0 Å². The van der Waals surface area contributed by atoms with E-state index in [2.05, 4.69) is 10.1 Å². The minimum atomic E-state index is 0.366. The summed E-state index contributed by atoms with van der Waals surface area (Å²) in [6.07, 6.45) is 0.608. The Kier molecular flexibility index (Phi) is 3.16. The Hall–Kier alpha value is -1.88. The average molecular weight is 219 g/mol. The van der Waals surface area contributed by atoms with Crippen LogP contribution in [0.3, 0.4) is 0 Å². The van der Waals surface area contributed by atoms with Gasteiger partial charge in [0.05, 0.1) is 6.42 Å². The zero-order chi connectivity index (χ0) is 11.4. The second-order valence-corrected chi connectivity index (χ2v) is 3.46. The maximum Gasteiger partial charge on any atom is 0.231 e. The fraction of sp³-hybridized carbons (Fsp3) is 0.273. The van der Waals surface area contributed by atoms with Crippen molar-refractivity contribution in [3.63, 3.8) is 0 Å². The van der Waals surface area contributed by atoms with E-state index in [1.54, 1.807) is 7.11 Å². The molecule has 5 heteroatoms. The van der Waals surface area contributed by atoms with Gasteiger partial charge in [-0.1, -0.05) is 17.3 Å². The van der Waals surface area contributed by atoms with Crippen LogP contribution in [0.15, 0.2) is 28.8 Å². The number of ether oxygens (including phenoxy) is 1. The number of methoxy groups -OCH3 is 1. The lowest BCUT2D eigenvalue weighted by molar-refractivity contribution is 0.174. The Bertz CT molecular complexity index is 451. The molecule has 2 N–H and O–H groups in total. The van der Waals surface area contributed by atoms with Crippen LogP contribution in [0.4, 0.5) is 5.69 Å². The summed E-state index contributed by atoms with van der Waals surface area (Å²) in [5.74, 6) is 1.14. The van der Waals surface area contributed by atoms with Gasteiger partial charge in [0.25, 0.3) is 0 Å². The largest absolute Gasteiger partial charge is 0.399 e. The first-order chi connectivity index (χ1) is 7.78. The van der Waals surface area contributed by atoms with Gasteiger partial charge in [-0.25, -0.2) is 0 Å². The van der Waals surface area contributed by atoms with Gasteiger partial charge in [0.15, 0.2) is 5.82 Å². The van der Waals surface area contributed by atoms with Gasteiger partial charge in [0.2, 0.25) is 5.89 Å². The summed E-state index contributed by atoms with van der Waals surface area (Å²) in [5.41, 5.74) is 7.43. The maximum absolute atomic E-state index is 5.60. The van der Waals surface area contributed by atoms with E-state index in [0.717, 1.165) is 11.3 Å². The zero-order valence-corrected chi connectivity index (χ0v) is 9.01. The Morgan fingerprint density at radius 2 is 2.06 bits per heavy atom. The van der Waals surface area contributed by atoms with Gasteiger partial charge in [0.1, 0.15) is 6.61 Å². The molecule has 0 amide bonds. The molecule has 0 aliphatic heterocycles. The van der Waals surface area contributed by atoms with Crippen LogP contribution in [0.1, 0.15) is 17.3 Å². The standard InChI is InChI=1S/C11H13N3O2/c1-15-7-10-13-11(16-14-10)6-8-2-4-9(12)5-3-8/h2-5H,6-7,12H2,1H3. The average Bonchev–Trinajstić information content (AvgIpc) is 2.70. The molecule has 0 spiro atoms. The number of hydrogen-bond donors (Lipinski definition) is 1. The summed E-state index contributed by atoms with van der Waals surface area (Å²) in [7, 11) is 1.59. The first-order valence-electron chi connectivity index (χ1n) is 4.93. The van der Waals surface area contributed by atoms with Crippen molar-refractivity contribution in [3.8, 4) is 0 Å². The fourth-order valence-corrected chi connectivity index (χ4v) is 1.36. The van der Waals surface area contributed by atoms with Gasteiger partial charge in [-0.05, 0) is 17.7 Å². The number of nitrogen functional groups attached to an aromatic ring is 1. The predicted molar refractivity (Wildman–Crippen MR) is 58.7 cm³/mol. The fourth-order valence-electron chi connectivity index (χ4n) is 1.36. The summed E-state index contributed by atoms with van der Waals surface area (Å²) in [4.78, 5) is 4.18. The zero-order valence-electron chi connectivity index (χ0n) is 9.01. The molecule has 0 aliphatic carbocycles. The first-order valence-corrected chi connectivity index (χ1v) is 4.93. The Balaban J connectivity index is 2.05. The monoisotopic (exact) mass is 219 g/mol. The molecular formula is C11H13N3O2. The quantitative estimate of drug-likeness (QED) is 0.786.